The molecule has 1 unspecified atom stereocenters. The molecule has 21 heavy (non-hydrogen) atoms. The molecule has 1 aromatic carbocycles. The average molecular weight is 357 g/mol. The normalized spacial score (nSPS) is 18.2. The van der Waals surface area contributed by atoms with Crippen molar-refractivity contribution in [3.8, 4) is 0 Å². The molecule has 0 saturated carbocycles. The minimum Gasteiger partial charge on any atom is -0.337 e. The molecular formula is C16H22BrFN2O. The minimum absolute atomic E-state index is 0.142. The summed E-state index contributed by atoms with van der Waals surface area (Å²) in [5.74, 6) is -0.350. The van der Waals surface area contributed by atoms with Crippen LogP contribution < -0.4 is 5.32 Å². The summed E-state index contributed by atoms with van der Waals surface area (Å²) in [6.07, 6.45) is 2.21. The number of nitrogens with one attached hydrogen (secondary N) is 1. The maximum Gasteiger partial charge on any atom is 0.256 e. The molecule has 0 bridgehead atoms. The van der Waals surface area contributed by atoms with Crippen LogP contribution in [0.5, 0.6) is 0 Å². The van der Waals surface area contributed by atoms with Crippen molar-refractivity contribution in [3.05, 3.63) is 34.1 Å². The van der Waals surface area contributed by atoms with Gasteiger partial charge in [0.1, 0.15) is 5.82 Å². The fourth-order valence-corrected chi connectivity index (χ4v) is 3.07. The third-order valence-electron chi connectivity index (χ3n) is 3.66. The quantitative estimate of drug-likeness (QED) is 0.876. The Kier molecular flexibility index (Phi) is 5.76. The molecule has 0 radical (unpaired) electrons. The number of halogens is 2. The first-order chi connectivity index (χ1) is 9.99. The Balaban J connectivity index is 2.18. The van der Waals surface area contributed by atoms with Crippen LogP contribution in [0.25, 0.3) is 0 Å². The molecule has 0 spiro atoms. The maximum atomic E-state index is 14.2. The van der Waals surface area contributed by atoms with Crippen LogP contribution in [0.3, 0.4) is 0 Å². The number of hydrogen-bond donors (Lipinski definition) is 1. The van der Waals surface area contributed by atoms with E-state index in [2.05, 4.69) is 35.1 Å². The van der Waals surface area contributed by atoms with E-state index in [9.17, 15) is 9.18 Å². The standard InChI is InChI=1S/C16H22BrFN2O/c1-11(2)9-20(10-12-5-4-8-19-12)16(21)13-6-3-7-14(17)15(13)18/h3,6-7,11-12,19H,4-5,8-10H2,1-2H3. The van der Waals surface area contributed by atoms with Crippen LogP contribution in [-0.2, 0) is 0 Å². The van der Waals surface area contributed by atoms with Crippen LogP contribution in [0.2, 0.25) is 0 Å². The Morgan fingerprint density at radius 3 is 2.90 bits per heavy atom. The number of benzene rings is 1. The molecule has 1 aliphatic heterocycles. The summed E-state index contributed by atoms with van der Waals surface area (Å²) in [4.78, 5) is 14.5. The molecule has 5 heteroatoms. The first kappa shape index (κ1) is 16.4. The van der Waals surface area contributed by atoms with E-state index in [1.54, 1.807) is 23.1 Å². The Morgan fingerprint density at radius 1 is 1.52 bits per heavy atom. The van der Waals surface area contributed by atoms with Crippen molar-refractivity contribution in [1.29, 1.82) is 0 Å². The average Bonchev–Trinajstić information content (AvgIpc) is 2.93. The van der Waals surface area contributed by atoms with E-state index in [-0.39, 0.29) is 11.5 Å². The highest BCUT2D eigenvalue weighted by Crippen LogP contribution is 2.21. The lowest BCUT2D eigenvalue weighted by molar-refractivity contribution is 0.0716. The number of carbonyl (C=O) groups excluding carboxylic acids is 1. The lowest BCUT2D eigenvalue weighted by atomic mass is 10.1. The number of carbonyl (C=O) groups is 1. The number of nitrogens with zero attached hydrogens (tertiary/aromatic N) is 1. The fraction of sp³-hybridized carbons (Fsp3) is 0.562. The summed E-state index contributed by atoms with van der Waals surface area (Å²) < 4.78 is 14.5. The van der Waals surface area contributed by atoms with Gasteiger partial charge in [-0.25, -0.2) is 4.39 Å². The molecule has 1 atom stereocenters. The van der Waals surface area contributed by atoms with Gasteiger partial charge in [0.25, 0.3) is 5.91 Å². The summed E-state index contributed by atoms with van der Waals surface area (Å²) in [5.41, 5.74) is 0.142. The zero-order valence-electron chi connectivity index (χ0n) is 12.5. The van der Waals surface area contributed by atoms with Gasteiger partial charge >= 0.3 is 0 Å². The highest BCUT2D eigenvalue weighted by molar-refractivity contribution is 9.10. The predicted octanol–water partition coefficient (Wildman–Crippen LogP) is 3.44. The van der Waals surface area contributed by atoms with Crippen LogP contribution in [0.1, 0.15) is 37.0 Å². The summed E-state index contributed by atoms with van der Waals surface area (Å²) in [5, 5.41) is 3.40. The second-order valence-corrected chi connectivity index (χ2v) is 6.85. The smallest absolute Gasteiger partial charge is 0.256 e. The van der Waals surface area contributed by atoms with E-state index >= 15 is 0 Å². The number of rotatable bonds is 5. The minimum atomic E-state index is -0.476. The van der Waals surface area contributed by atoms with Gasteiger partial charge in [-0.15, -0.1) is 0 Å². The molecule has 116 valence electrons. The molecule has 1 saturated heterocycles. The van der Waals surface area contributed by atoms with Gasteiger partial charge in [-0.3, -0.25) is 4.79 Å². The Morgan fingerprint density at radius 2 is 2.29 bits per heavy atom. The van der Waals surface area contributed by atoms with Gasteiger partial charge in [-0.05, 0) is 53.4 Å². The molecule has 1 heterocycles. The first-order valence-electron chi connectivity index (χ1n) is 7.45. The van der Waals surface area contributed by atoms with Crippen molar-refractivity contribution < 1.29 is 9.18 Å². The topological polar surface area (TPSA) is 32.3 Å². The monoisotopic (exact) mass is 356 g/mol. The summed E-state index contributed by atoms with van der Waals surface area (Å²) in [6.45, 7) is 6.42. The van der Waals surface area contributed by atoms with Crippen molar-refractivity contribution >= 4 is 21.8 Å². The molecule has 0 aromatic heterocycles. The third-order valence-corrected chi connectivity index (χ3v) is 4.27. The molecule has 1 aromatic rings. The van der Waals surface area contributed by atoms with Crippen LogP contribution in [0.4, 0.5) is 4.39 Å². The zero-order chi connectivity index (χ0) is 15.4. The van der Waals surface area contributed by atoms with Gasteiger partial charge < -0.3 is 10.2 Å². The van der Waals surface area contributed by atoms with Crippen molar-refractivity contribution in [2.75, 3.05) is 19.6 Å². The van der Waals surface area contributed by atoms with E-state index in [0.29, 0.717) is 29.5 Å². The van der Waals surface area contributed by atoms with Gasteiger partial charge in [0.15, 0.2) is 0 Å². The van der Waals surface area contributed by atoms with Gasteiger partial charge in [0.2, 0.25) is 0 Å². The highest BCUT2D eigenvalue weighted by Gasteiger charge is 2.25. The summed E-state index contributed by atoms with van der Waals surface area (Å²) >= 11 is 3.14. The van der Waals surface area contributed by atoms with Crippen LogP contribution >= 0.6 is 15.9 Å². The van der Waals surface area contributed by atoms with Crippen molar-refractivity contribution in [1.82, 2.24) is 10.2 Å². The molecule has 2 rings (SSSR count). The number of hydrogen-bond acceptors (Lipinski definition) is 2. The summed E-state index contributed by atoms with van der Waals surface area (Å²) in [7, 11) is 0. The second-order valence-electron chi connectivity index (χ2n) is 6.00. The molecule has 1 aliphatic rings. The Hall–Kier alpha value is -0.940. The zero-order valence-corrected chi connectivity index (χ0v) is 14.1. The lowest BCUT2D eigenvalue weighted by Crippen LogP contribution is -2.43. The largest absolute Gasteiger partial charge is 0.337 e. The molecule has 3 nitrogen and oxygen atoms in total. The summed E-state index contributed by atoms with van der Waals surface area (Å²) in [6, 6.07) is 5.18. The first-order valence-corrected chi connectivity index (χ1v) is 8.25. The molecular weight excluding hydrogens is 335 g/mol. The van der Waals surface area contributed by atoms with Gasteiger partial charge in [-0.1, -0.05) is 19.9 Å². The van der Waals surface area contributed by atoms with E-state index in [1.807, 2.05) is 0 Å². The van der Waals surface area contributed by atoms with Gasteiger partial charge in [0.05, 0.1) is 10.0 Å². The van der Waals surface area contributed by atoms with Crippen molar-refractivity contribution in [2.24, 2.45) is 5.92 Å². The van der Waals surface area contributed by atoms with E-state index in [4.69, 9.17) is 0 Å². The Bertz CT molecular complexity index is 501. The maximum absolute atomic E-state index is 14.2. The molecule has 1 amide bonds. The van der Waals surface area contributed by atoms with Crippen molar-refractivity contribution in [3.63, 3.8) is 0 Å². The van der Waals surface area contributed by atoms with E-state index < -0.39 is 5.82 Å². The molecule has 0 aliphatic carbocycles. The van der Waals surface area contributed by atoms with Crippen LogP contribution in [0.15, 0.2) is 22.7 Å². The van der Waals surface area contributed by atoms with Crippen molar-refractivity contribution in [2.45, 2.75) is 32.7 Å². The predicted molar refractivity (Wildman–Crippen MR) is 85.9 cm³/mol. The Labute approximate surface area is 134 Å². The van der Waals surface area contributed by atoms with Gasteiger partial charge in [0, 0.05) is 19.1 Å². The van der Waals surface area contributed by atoms with Crippen LogP contribution in [0, 0.1) is 11.7 Å². The highest BCUT2D eigenvalue weighted by atomic mass is 79.9. The molecule has 1 N–H and O–H groups in total. The third kappa shape index (κ3) is 4.27. The van der Waals surface area contributed by atoms with E-state index in [1.165, 1.54) is 0 Å². The second kappa shape index (κ2) is 7.36. The molecule has 1 fully saturated rings. The number of amides is 1. The lowest BCUT2D eigenvalue weighted by Gasteiger charge is -2.28. The van der Waals surface area contributed by atoms with Crippen LogP contribution in [-0.4, -0.2) is 36.5 Å². The van der Waals surface area contributed by atoms with Gasteiger partial charge in [-0.2, -0.15) is 0 Å². The fourth-order valence-electron chi connectivity index (χ4n) is 2.70. The van der Waals surface area contributed by atoms with E-state index in [0.717, 1.165) is 19.4 Å². The SMILES string of the molecule is CC(C)CN(CC1CCCN1)C(=O)c1cccc(Br)c1F.